The molecule has 8 nitrogen and oxygen atoms in total. The molecule has 2 unspecified atom stereocenters. The molecule has 2 fully saturated rings. The summed E-state index contributed by atoms with van der Waals surface area (Å²) in [6, 6.07) is 17.3. The maximum atomic E-state index is 13.6. The van der Waals surface area contributed by atoms with Gasteiger partial charge in [0.15, 0.2) is 0 Å². The number of nitrogens with one attached hydrogen (secondary N) is 2. The van der Waals surface area contributed by atoms with E-state index in [2.05, 4.69) is 10.0 Å². The van der Waals surface area contributed by atoms with Crippen LogP contribution in [0.5, 0.6) is 0 Å². The van der Waals surface area contributed by atoms with Gasteiger partial charge in [0.1, 0.15) is 0 Å². The molecule has 0 spiro atoms. The fourth-order valence-electron chi connectivity index (χ4n) is 5.68. The Balaban J connectivity index is 1.38. The first-order valence-electron chi connectivity index (χ1n) is 12.6. The SMILES string of the molecule is CCOC(=O)N1C2CCC1CC(NS(=O)(=O)c1ccc(NC(=O)c3ccccc3C)c3ccccc13)C2. The molecule has 2 aliphatic rings. The van der Waals surface area contributed by atoms with Crippen molar-refractivity contribution < 1.29 is 22.7 Å². The number of sulfonamides is 1. The average molecular weight is 522 g/mol. The van der Waals surface area contributed by atoms with Crippen LogP contribution < -0.4 is 10.0 Å². The number of piperidine rings is 1. The highest BCUT2D eigenvalue weighted by atomic mass is 32.2. The zero-order chi connectivity index (χ0) is 26.2. The topological polar surface area (TPSA) is 105 Å². The van der Waals surface area contributed by atoms with Crippen molar-refractivity contribution in [2.24, 2.45) is 0 Å². The highest BCUT2D eigenvalue weighted by Gasteiger charge is 2.45. The zero-order valence-electron chi connectivity index (χ0n) is 20.9. The minimum Gasteiger partial charge on any atom is -0.450 e. The van der Waals surface area contributed by atoms with Gasteiger partial charge in [0.2, 0.25) is 10.0 Å². The number of carbonyl (C=O) groups excluding carboxylic acids is 2. The van der Waals surface area contributed by atoms with E-state index in [1.807, 2.05) is 31.2 Å². The predicted octanol–water partition coefficient (Wildman–Crippen LogP) is 4.83. The lowest BCUT2D eigenvalue weighted by Crippen LogP contribution is -2.52. The number of hydrogen-bond donors (Lipinski definition) is 2. The van der Waals surface area contributed by atoms with E-state index in [1.165, 1.54) is 0 Å². The Labute approximate surface area is 217 Å². The Morgan fingerprint density at radius 3 is 2.27 bits per heavy atom. The third-order valence-electron chi connectivity index (χ3n) is 7.35. The van der Waals surface area contributed by atoms with Crippen molar-refractivity contribution >= 4 is 38.5 Å². The summed E-state index contributed by atoms with van der Waals surface area (Å²) >= 11 is 0. The van der Waals surface area contributed by atoms with Gasteiger partial charge in [0.05, 0.1) is 11.5 Å². The number of fused-ring (bicyclic) bond motifs is 3. The molecule has 194 valence electrons. The molecule has 2 atom stereocenters. The van der Waals surface area contributed by atoms with Crippen LogP contribution in [0, 0.1) is 6.92 Å². The highest BCUT2D eigenvalue weighted by Crippen LogP contribution is 2.37. The van der Waals surface area contributed by atoms with E-state index < -0.39 is 10.0 Å². The summed E-state index contributed by atoms with van der Waals surface area (Å²) in [5.41, 5.74) is 1.97. The first kappa shape index (κ1) is 25.2. The summed E-state index contributed by atoms with van der Waals surface area (Å²) in [7, 11) is -3.86. The molecule has 2 N–H and O–H groups in total. The van der Waals surface area contributed by atoms with Crippen molar-refractivity contribution in [1.82, 2.24) is 9.62 Å². The van der Waals surface area contributed by atoms with E-state index in [1.54, 1.807) is 48.2 Å². The number of amides is 2. The van der Waals surface area contributed by atoms with Crippen molar-refractivity contribution in [3.8, 4) is 0 Å². The van der Waals surface area contributed by atoms with Crippen LogP contribution >= 0.6 is 0 Å². The van der Waals surface area contributed by atoms with E-state index in [4.69, 9.17) is 4.74 Å². The molecular weight excluding hydrogens is 490 g/mol. The third-order valence-corrected chi connectivity index (χ3v) is 8.92. The van der Waals surface area contributed by atoms with Crippen LogP contribution in [0.3, 0.4) is 0 Å². The summed E-state index contributed by atoms with van der Waals surface area (Å²) < 4.78 is 35.2. The fraction of sp³-hybridized carbons (Fsp3) is 0.357. The second-order valence-corrected chi connectivity index (χ2v) is 11.4. The van der Waals surface area contributed by atoms with Gasteiger partial charge in [-0.1, -0.05) is 42.5 Å². The molecule has 2 saturated heterocycles. The van der Waals surface area contributed by atoms with Crippen LogP contribution in [0.4, 0.5) is 10.5 Å². The third kappa shape index (κ3) is 4.93. The van der Waals surface area contributed by atoms with E-state index >= 15 is 0 Å². The number of anilines is 1. The average Bonchev–Trinajstić information content (AvgIpc) is 3.14. The Morgan fingerprint density at radius 1 is 0.946 bits per heavy atom. The van der Waals surface area contributed by atoms with E-state index in [9.17, 15) is 18.0 Å². The molecule has 0 aliphatic carbocycles. The summed E-state index contributed by atoms with van der Waals surface area (Å²) in [6.45, 7) is 3.97. The molecule has 2 bridgehead atoms. The van der Waals surface area contributed by atoms with Gasteiger partial charge in [-0.3, -0.25) is 4.79 Å². The van der Waals surface area contributed by atoms with Crippen molar-refractivity contribution in [2.45, 2.75) is 62.6 Å². The number of ether oxygens (including phenoxy) is 1. The molecule has 2 amide bonds. The zero-order valence-corrected chi connectivity index (χ0v) is 21.8. The van der Waals surface area contributed by atoms with E-state index in [-0.39, 0.29) is 35.0 Å². The van der Waals surface area contributed by atoms with Gasteiger partial charge in [-0.15, -0.1) is 0 Å². The van der Waals surface area contributed by atoms with Gasteiger partial charge in [-0.05, 0) is 63.3 Å². The van der Waals surface area contributed by atoms with Crippen molar-refractivity contribution in [2.75, 3.05) is 11.9 Å². The van der Waals surface area contributed by atoms with Crippen LogP contribution in [0.15, 0.2) is 65.6 Å². The molecule has 0 radical (unpaired) electrons. The quantitative estimate of drug-likeness (QED) is 0.483. The van der Waals surface area contributed by atoms with Crippen LogP contribution in [-0.4, -0.2) is 50.1 Å². The maximum absolute atomic E-state index is 13.6. The summed E-state index contributed by atoms with van der Waals surface area (Å²) in [4.78, 5) is 27.3. The van der Waals surface area contributed by atoms with Gasteiger partial charge in [0, 0.05) is 40.1 Å². The largest absolute Gasteiger partial charge is 0.450 e. The molecular formula is C28H31N3O5S. The number of aryl methyl sites for hydroxylation is 1. The monoisotopic (exact) mass is 521 g/mol. The Hall–Kier alpha value is -3.43. The normalized spacial score (nSPS) is 21.1. The second-order valence-electron chi connectivity index (χ2n) is 9.71. The summed E-state index contributed by atoms with van der Waals surface area (Å²) in [6.07, 6.45) is 2.49. The molecule has 0 saturated carbocycles. The molecule has 3 aromatic carbocycles. The van der Waals surface area contributed by atoms with Gasteiger partial charge < -0.3 is 15.0 Å². The molecule has 2 aliphatic heterocycles. The maximum Gasteiger partial charge on any atom is 0.410 e. The molecule has 5 rings (SSSR count). The molecule has 9 heteroatoms. The van der Waals surface area contributed by atoms with Crippen LogP contribution in [0.2, 0.25) is 0 Å². The van der Waals surface area contributed by atoms with E-state index in [0.29, 0.717) is 41.5 Å². The van der Waals surface area contributed by atoms with Gasteiger partial charge in [-0.2, -0.15) is 0 Å². The second kappa shape index (κ2) is 10.1. The van der Waals surface area contributed by atoms with Crippen molar-refractivity contribution in [3.63, 3.8) is 0 Å². The highest BCUT2D eigenvalue weighted by molar-refractivity contribution is 7.89. The van der Waals surface area contributed by atoms with Crippen molar-refractivity contribution in [3.05, 3.63) is 71.8 Å². The lowest BCUT2D eigenvalue weighted by molar-refractivity contribution is 0.0682. The van der Waals surface area contributed by atoms with Crippen LogP contribution in [0.25, 0.3) is 10.8 Å². The lowest BCUT2D eigenvalue weighted by Gasteiger charge is -2.38. The van der Waals surface area contributed by atoms with E-state index in [0.717, 1.165) is 18.4 Å². The number of carbonyl (C=O) groups is 2. The minimum absolute atomic E-state index is 0.0266. The standard InChI is InChI=1S/C28H31N3O5S/c1-3-36-28(33)31-20-12-13-21(31)17-19(16-20)30-37(34,35)26-15-14-25(23-10-6-7-11-24(23)26)29-27(32)22-9-5-4-8-18(22)2/h4-11,14-15,19-21,30H,3,12-13,16-17H2,1-2H3,(H,29,32). The smallest absolute Gasteiger partial charge is 0.410 e. The minimum atomic E-state index is -3.86. The molecule has 2 heterocycles. The summed E-state index contributed by atoms with van der Waals surface area (Å²) in [5, 5.41) is 4.12. The van der Waals surface area contributed by atoms with Crippen LogP contribution in [-0.2, 0) is 14.8 Å². The number of nitrogens with zero attached hydrogens (tertiary/aromatic N) is 1. The molecule has 37 heavy (non-hydrogen) atoms. The van der Waals surface area contributed by atoms with Gasteiger partial charge >= 0.3 is 6.09 Å². The number of benzene rings is 3. The Bertz CT molecular complexity index is 1440. The lowest BCUT2D eigenvalue weighted by atomic mass is 9.99. The number of hydrogen-bond acceptors (Lipinski definition) is 5. The Morgan fingerprint density at radius 2 is 1.59 bits per heavy atom. The first-order valence-corrected chi connectivity index (χ1v) is 14.1. The molecule has 0 aromatic heterocycles. The van der Waals surface area contributed by atoms with Gasteiger partial charge in [-0.25, -0.2) is 17.9 Å². The summed E-state index contributed by atoms with van der Waals surface area (Å²) in [5.74, 6) is -0.249. The molecule has 3 aromatic rings. The fourth-order valence-corrected chi connectivity index (χ4v) is 7.16. The Kier molecular flexibility index (Phi) is 6.92. The van der Waals surface area contributed by atoms with Gasteiger partial charge in [0.25, 0.3) is 5.91 Å². The van der Waals surface area contributed by atoms with Crippen LogP contribution in [0.1, 0.15) is 48.5 Å². The first-order chi connectivity index (χ1) is 17.8. The van der Waals surface area contributed by atoms with Crippen molar-refractivity contribution in [1.29, 1.82) is 0 Å². The predicted molar refractivity (Wildman–Crippen MR) is 142 cm³/mol. The number of rotatable bonds is 6.